The highest BCUT2D eigenvalue weighted by atomic mass is 32.2. The first-order valence-corrected chi connectivity index (χ1v) is 12.3. The van der Waals surface area contributed by atoms with Gasteiger partial charge in [-0.1, -0.05) is 6.07 Å². The molecule has 2 heterocycles. The maximum absolute atomic E-state index is 13.4. The normalized spacial score (nSPS) is 33.9. The zero-order valence-electron chi connectivity index (χ0n) is 17.0. The number of thioether (sulfide) groups is 2. The molecule has 5 rings (SSSR count). The number of rotatable bonds is 2. The standard InChI is InChI=1S/C22H29NO3S2/c1-23-8-7-21-13-22(27-9-4-10-28-22)18(24)12-15(21)16(23)11-14-5-6-17(25-2)20(26-3)19(14)21/h5-6,15-16H,4,7-13H2,1-3H3/t15?,16-,21+/m1/s1. The maximum atomic E-state index is 13.4. The van der Waals surface area contributed by atoms with E-state index >= 15 is 0 Å². The summed E-state index contributed by atoms with van der Waals surface area (Å²) in [7, 11) is 5.72. The van der Waals surface area contributed by atoms with E-state index in [4.69, 9.17) is 9.47 Å². The predicted octanol–water partition coefficient (Wildman–Crippen LogP) is 3.75. The van der Waals surface area contributed by atoms with Crippen LogP contribution in [0.15, 0.2) is 12.1 Å². The molecular formula is C22H29NO3S2. The van der Waals surface area contributed by atoms with Crippen molar-refractivity contribution in [3.8, 4) is 11.5 Å². The topological polar surface area (TPSA) is 38.8 Å². The number of hydrogen-bond acceptors (Lipinski definition) is 6. The van der Waals surface area contributed by atoms with Gasteiger partial charge in [0.25, 0.3) is 0 Å². The van der Waals surface area contributed by atoms with Crippen molar-refractivity contribution in [1.29, 1.82) is 0 Å². The van der Waals surface area contributed by atoms with Crippen LogP contribution in [0.25, 0.3) is 0 Å². The van der Waals surface area contributed by atoms with E-state index in [-0.39, 0.29) is 9.49 Å². The summed E-state index contributed by atoms with van der Waals surface area (Å²) in [5.74, 6) is 4.79. The van der Waals surface area contributed by atoms with Crippen LogP contribution in [0.3, 0.4) is 0 Å². The largest absolute Gasteiger partial charge is 0.493 e. The average molecular weight is 420 g/mol. The number of Topliss-reactive ketones (excluding diaryl/α,β-unsaturated/α-hetero) is 1. The number of benzene rings is 1. The number of ketones is 1. The summed E-state index contributed by atoms with van der Waals surface area (Å²) in [6.45, 7) is 1.08. The van der Waals surface area contributed by atoms with Crippen LogP contribution < -0.4 is 9.47 Å². The first-order chi connectivity index (χ1) is 13.5. The average Bonchev–Trinajstić information content (AvgIpc) is 2.71. The second-order valence-electron chi connectivity index (χ2n) is 8.71. The molecular weight excluding hydrogens is 390 g/mol. The third kappa shape index (κ3) is 2.53. The highest BCUT2D eigenvalue weighted by Gasteiger charge is 2.63. The van der Waals surface area contributed by atoms with Gasteiger partial charge in [-0.25, -0.2) is 0 Å². The molecule has 1 aromatic carbocycles. The summed E-state index contributed by atoms with van der Waals surface area (Å²) < 4.78 is 11.4. The van der Waals surface area contributed by atoms with E-state index in [2.05, 4.69) is 24.1 Å². The number of carbonyl (C=O) groups excluding carboxylic acids is 1. The van der Waals surface area contributed by atoms with Gasteiger partial charge in [0.15, 0.2) is 17.3 Å². The Hall–Kier alpha value is -0.850. The van der Waals surface area contributed by atoms with E-state index < -0.39 is 0 Å². The number of fused-ring (bicyclic) bond motifs is 1. The van der Waals surface area contributed by atoms with Crippen molar-refractivity contribution in [3.63, 3.8) is 0 Å². The number of piperidine rings is 1. The summed E-state index contributed by atoms with van der Waals surface area (Å²) in [6.07, 6.45) is 4.95. The van der Waals surface area contributed by atoms with E-state index in [9.17, 15) is 4.79 Å². The Balaban J connectivity index is 1.71. The van der Waals surface area contributed by atoms with Crippen LogP contribution in [-0.2, 0) is 16.6 Å². The van der Waals surface area contributed by atoms with Crippen molar-refractivity contribution in [2.45, 2.75) is 47.6 Å². The second-order valence-corrected chi connectivity index (χ2v) is 11.8. The summed E-state index contributed by atoms with van der Waals surface area (Å²) in [5.41, 5.74) is 2.75. The monoisotopic (exact) mass is 419 g/mol. The lowest BCUT2D eigenvalue weighted by Gasteiger charge is -2.61. The highest BCUT2D eigenvalue weighted by molar-refractivity contribution is 8.19. The minimum atomic E-state index is -0.266. The minimum Gasteiger partial charge on any atom is -0.493 e. The second kappa shape index (κ2) is 6.85. The number of carbonyl (C=O) groups is 1. The molecule has 152 valence electrons. The van der Waals surface area contributed by atoms with E-state index in [1.54, 1.807) is 14.2 Å². The van der Waals surface area contributed by atoms with Crippen LogP contribution in [0.4, 0.5) is 0 Å². The zero-order chi connectivity index (χ0) is 19.5. The van der Waals surface area contributed by atoms with Crippen molar-refractivity contribution in [2.24, 2.45) is 5.92 Å². The number of likely N-dealkylation sites (N-methyl/N-ethyl adjacent to an activating group) is 1. The summed E-state index contributed by atoms with van der Waals surface area (Å²) in [5, 5.41) is 0. The van der Waals surface area contributed by atoms with Gasteiger partial charge < -0.3 is 14.4 Å². The van der Waals surface area contributed by atoms with Crippen LogP contribution >= 0.6 is 23.5 Å². The van der Waals surface area contributed by atoms with Gasteiger partial charge in [-0.15, -0.1) is 23.5 Å². The Morgan fingerprint density at radius 1 is 1.14 bits per heavy atom. The van der Waals surface area contributed by atoms with Gasteiger partial charge in [0.1, 0.15) is 4.08 Å². The summed E-state index contributed by atoms with van der Waals surface area (Å²) >= 11 is 3.83. The maximum Gasteiger partial charge on any atom is 0.164 e. The van der Waals surface area contributed by atoms with Gasteiger partial charge in [-0.05, 0) is 68.3 Å². The number of methoxy groups -OCH3 is 2. The highest BCUT2D eigenvalue weighted by Crippen LogP contribution is 2.64. The Kier molecular flexibility index (Phi) is 4.68. The molecule has 4 aliphatic rings. The van der Waals surface area contributed by atoms with Crippen LogP contribution in [-0.4, -0.2) is 60.1 Å². The fraction of sp³-hybridized carbons (Fsp3) is 0.682. The first-order valence-electron chi connectivity index (χ1n) is 10.3. The van der Waals surface area contributed by atoms with Gasteiger partial charge in [0.05, 0.1) is 14.2 Å². The lowest BCUT2D eigenvalue weighted by atomic mass is 9.51. The first kappa shape index (κ1) is 19.1. The quantitative estimate of drug-likeness (QED) is 0.727. The third-order valence-corrected chi connectivity index (χ3v) is 10.9. The molecule has 2 bridgehead atoms. The molecule has 0 N–H and O–H groups in total. The molecule has 1 saturated carbocycles. The Bertz CT molecular complexity index is 807. The molecule has 1 unspecified atom stereocenters. The van der Waals surface area contributed by atoms with Gasteiger partial charge in [0, 0.05) is 23.4 Å². The molecule has 2 aliphatic carbocycles. The molecule has 4 nitrogen and oxygen atoms in total. The fourth-order valence-electron chi connectivity index (χ4n) is 6.27. The molecule has 0 radical (unpaired) electrons. The Morgan fingerprint density at radius 2 is 1.93 bits per heavy atom. The molecule has 1 spiro atoms. The molecule has 0 aromatic heterocycles. The van der Waals surface area contributed by atoms with Crippen LogP contribution in [0.5, 0.6) is 11.5 Å². The van der Waals surface area contributed by atoms with Crippen molar-refractivity contribution >= 4 is 29.3 Å². The smallest absolute Gasteiger partial charge is 0.164 e. The molecule has 1 aromatic rings. The van der Waals surface area contributed by atoms with E-state index in [0.29, 0.717) is 24.2 Å². The van der Waals surface area contributed by atoms with E-state index in [1.165, 1.54) is 17.5 Å². The Labute approximate surface area is 176 Å². The van der Waals surface area contributed by atoms with Crippen LogP contribution in [0.1, 0.15) is 36.8 Å². The predicted molar refractivity (Wildman–Crippen MR) is 116 cm³/mol. The number of nitrogens with zero attached hydrogens (tertiary/aromatic N) is 1. The summed E-state index contributed by atoms with van der Waals surface area (Å²) in [4.78, 5) is 15.9. The molecule has 3 fully saturated rings. The van der Waals surface area contributed by atoms with E-state index in [0.717, 1.165) is 48.8 Å². The molecule has 2 aliphatic heterocycles. The zero-order valence-corrected chi connectivity index (χ0v) is 18.6. The van der Waals surface area contributed by atoms with Gasteiger partial charge in [-0.3, -0.25) is 4.79 Å². The summed E-state index contributed by atoms with van der Waals surface area (Å²) in [6, 6.07) is 4.74. The number of hydrogen-bond donors (Lipinski definition) is 0. The van der Waals surface area contributed by atoms with Gasteiger partial charge in [-0.2, -0.15) is 0 Å². The fourth-order valence-corrected chi connectivity index (χ4v) is 9.73. The van der Waals surface area contributed by atoms with E-state index in [1.807, 2.05) is 23.5 Å². The molecule has 0 amide bonds. The third-order valence-electron chi connectivity index (χ3n) is 7.55. The number of ether oxygens (including phenoxy) is 2. The lowest BCUT2D eigenvalue weighted by molar-refractivity contribution is -0.127. The van der Waals surface area contributed by atoms with Gasteiger partial charge >= 0.3 is 0 Å². The molecule has 28 heavy (non-hydrogen) atoms. The van der Waals surface area contributed by atoms with Crippen LogP contribution in [0.2, 0.25) is 0 Å². The van der Waals surface area contributed by atoms with Crippen LogP contribution in [0, 0.1) is 5.92 Å². The number of likely N-dealkylation sites (tertiary alicyclic amines) is 1. The van der Waals surface area contributed by atoms with Gasteiger partial charge in [0.2, 0.25) is 0 Å². The SMILES string of the molecule is COc1ccc2c(c1OC)[C@]13CCN(C)[C@H](C2)C1CC(=O)C1(C3)SCCCS1. The molecule has 6 heteroatoms. The van der Waals surface area contributed by atoms with Crippen molar-refractivity contribution in [2.75, 3.05) is 39.3 Å². The lowest BCUT2D eigenvalue weighted by Crippen LogP contribution is -2.64. The van der Waals surface area contributed by atoms with Crippen molar-refractivity contribution in [3.05, 3.63) is 23.3 Å². The minimum absolute atomic E-state index is 0.00981. The Morgan fingerprint density at radius 3 is 2.64 bits per heavy atom. The van der Waals surface area contributed by atoms with Crippen molar-refractivity contribution in [1.82, 2.24) is 4.90 Å². The van der Waals surface area contributed by atoms with Crippen molar-refractivity contribution < 1.29 is 14.3 Å². The molecule has 3 atom stereocenters. The molecule has 2 saturated heterocycles.